The van der Waals surface area contributed by atoms with Crippen LogP contribution in [0.5, 0.6) is 0 Å². The summed E-state index contributed by atoms with van der Waals surface area (Å²) < 4.78 is 13.1. The van der Waals surface area contributed by atoms with E-state index in [2.05, 4.69) is 5.32 Å². The molecule has 2 saturated heterocycles. The summed E-state index contributed by atoms with van der Waals surface area (Å²) in [6, 6.07) is 12.8. The molecule has 7 nitrogen and oxygen atoms in total. The molecule has 0 spiro atoms. The van der Waals surface area contributed by atoms with E-state index in [9.17, 15) is 18.8 Å². The monoisotopic (exact) mass is 438 g/mol. The summed E-state index contributed by atoms with van der Waals surface area (Å²) in [6.07, 6.45) is 2.20. The number of hydrogen-bond acceptors (Lipinski definition) is 3. The van der Waals surface area contributed by atoms with Gasteiger partial charge < -0.3 is 20.0 Å². The van der Waals surface area contributed by atoms with Gasteiger partial charge in [-0.1, -0.05) is 12.1 Å². The number of amides is 4. The van der Waals surface area contributed by atoms with Gasteiger partial charge in [-0.05, 0) is 54.8 Å². The summed E-state index contributed by atoms with van der Waals surface area (Å²) in [7, 11) is 0. The lowest BCUT2D eigenvalue weighted by Crippen LogP contribution is -2.39. The average molecular weight is 439 g/mol. The molecule has 168 valence electrons. The Bertz CT molecular complexity index is 978. The smallest absolute Gasteiger partial charge is 0.321 e. The maximum absolute atomic E-state index is 13.1. The van der Waals surface area contributed by atoms with Gasteiger partial charge in [0, 0.05) is 56.9 Å². The fourth-order valence-corrected chi connectivity index (χ4v) is 4.09. The Kier molecular flexibility index (Phi) is 6.68. The van der Waals surface area contributed by atoms with E-state index in [-0.39, 0.29) is 23.7 Å². The Hall–Kier alpha value is -3.42. The first kappa shape index (κ1) is 21.8. The van der Waals surface area contributed by atoms with Crippen molar-refractivity contribution in [2.45, 2.75) is 25.8 Å². The Labute approximate surface area is 186 Å². The molecule has 0 aliphatic carbocycles. The standard InChI is InChI=1S/C24H27FN4O3/c25-20-8-6-19(7-9-20)23(31)27-13-2-14-28(16-15-27)24(32)26-21-10-4-18(5-11-21)17-29-12-1-3-22(29)30/h4-11H,1-3,12-17H2,(H,26,32). The highest BCUT2D eigenvalue weighted by Crippen LogP contribution is 2.17. The number of halogens is 1. The molecular formula is C24H27FN4O3. The minimum atomic E-state index is -0.377. The molecule has 8 heteroatoms. The second-order valence-electron chi connectivity index (χ2n) is 8.19. The largest absolute Gasteiger partial charge is 0.338 e. The van der Waals surface area contributed by atoms with Gasteiger partial charge in [-0.2, -0.15) is 0 Å². The number of hydrogen-bond donors (Lipinski definition) is 1. The lowest BCUT2D eigenvalue weighted by atomic mass is 10.2. The maximum atomic E-state index is 13.1. The van der Waals surface area contributed by atoms with Crippen molar-refractivity contribution in [2.24, 2.45) is 0 Å². The number of carbonyl (C=O) groups excluding carboxylic acids is 3. The maximum Gasteiger partial charge on any atom is 0.321 e. The van der Waals surface area contributed by atoms with Gasteiger partial charge in [-0.3, -0.25) is 9.59 Å². The molecule has 2 heterocycles. The Morgan fingerprint density at radius 3 is 2.22 bits per heavy atom. The number of urea groups is 1. The van der Waals surface area contributed by atoms with Crippen molar-refractivity contribution in [1.82, 2.24) is 14.7 Å². The molecule has 2 aliphatic rings. The summed E-state index contributed by atoms with van der Waals surface area (Å²) in [6.45, 7) is 3.34. The predicted molar refractivity (Wildman–Crippen MR) is 119 cm³/mol. The second-order valence-corrected chi connectivity index (χ2v) is 8.19. The van der Waals surface area contributed by atoms with Gasteiger partial charge in [0.05, 0.1) is 0 Å². The summed E-state index contributed by atoms with van der Waals surface area (Å²) in [5.41, 5.74) is 2.16. The van der Waals surface area contributed by atoms with Crippen LogP contribution in [0.1, 0.15) is 35.2 Å². The van der Waals surface area contributed by atoms with E-state index in [1.807, 2.05) is 29.2 Å². The zero-order valence-electron chi connectivity index (χ0n) is 17.9. The highest BCUT2D eigenvalue weighted by atomic mass is 19.1. The summed E-state index contributed by atoms with van der Waals surface area (Å²) in [5, 5.41) is 2.91. The molecule has 32 heavy (non-hydrogen) atoms. The molecule has 2 aromatic carbocycles. The lowest BCUT2D eigenvalue weighted by Gasteiger charge is -2.22. The molecule has 4 amide bonds. The first-order valence-electron chi connectivity index (χ1n) is 11.0. The van der Waals surface area contributed by atoms with Gasteiger partial charge in [0.2, 0.25) is 5.91 Å². The molecule has 2 aromatic rings. The van der Waals surface area contributed by atoms with Gasteiger partial charge in [0.25, 0.3) is 5.91 Å². The summed E-state index contributed by atoms with van der Waals surface area (Å²) >= 11 is 0. The fourth-order valence-electron chi connectivity index (χ4n) is 4.09. The predicted octanol–water partition coefficient (Wildman–Crippen LogP) is 3.33. The minimum absolute atomic E-state index is 0.153. The fraction of sp³-hybridized carbons (Fsp3) is 0.375. The van der Waals surface area contributed by atoms with Gasteiger partial charge >= 0.3 is 6.03 Å². The Morgan fingerprint density at radius 1 is 0.844 bits per heavy atom. The zero-order valence-corrected chi connectivity index (χ0v) is 17.9. The third-order valence-corrected chi connectivity index (χ3v) is 5.91. The van der Waals surface area contributed by atoms with E-state index >= 15 is 0 Å². The Balaban J connectivity index is 1.29. The van der Waals surface area contributed by atoms with Gasteiger partial charge in [0.1, 0.15) is 5.82 Å². The van der Waals surface area contributed by atoms with Crippen LogP contribution in [0.2, 0.25) is 0 Å². The van der Waals surface area contributed by atoms with Gasteiger partial charge in [-0.25, -0.2) is 9.18 Å². The number of anilines is 1. The van der Waals surface area contributed by atoms with E-state index in [0.29, 0.717) is 56.8 Å². The molecule has 1 N–H and O–H groups in total. The van der Waals surface area contributed by atoms with Crippen molar-refractivity contribution >= 4 is 23.5 Å². The number of benzene rings is 2. The van der Waals surface area contributed by atoms with Crippen LogP contribution < -0.4 is 5.32 Å². The molecule has 2 aliphatic heterocycles. The molecule has 0 aromatic heterocycles. The van der Waals surface area contributed by atoms with Crippen molar-refractivity contribution in [3.63, 3.8) is 0 Å². The zero-order chi connectivity index (χ0) is 22.5. The summed E-state index contributed by atoms with van der Waals surface area (Å²) in [4.78, 5) is 42.4. The molecule has 2 fully saturated rings. The van der Waals surface area contributed by atoms with Crippen molar-refractivity contribution in [1.29, 1.82) is 0 Å². The van der Waals surface area contributed by atoms with E-state index in [1.54, 1.807) is 9.80 Å². The third kappa shape index (κ3) is 5.25. The molecular weight excluding hydrogens is 411 g/mol. The van der Waals surface area contributed by atoms with Crippen LogP contribution in [-0.2, 0) is 11.3 Å². The highest BCUT2D eigenvalue weighted by molar-refractivity contribution is 5.94. The van der Waals surface area contributed by atoms with Crippen LogP contribution in [0.15, 0.2) is 48.5 Å². The molecule has 4 rings (SSSR count). The molecule has 0 radical (unpaired) electrons. The Morgan fingerprint density at radius 2 is 1.53 bits per heavy atom. The number of nitrogens with one attached hydrogen (secondary N) is 1. The lowest BCUT2D eigenvalue weighted by molar-refractivity contribution is -0.128. The van der Waals surface area contributed by atoms with Crippen LogP contribution in [0, 0.1) is 5.82 Å². The van der Waals surface area contributed by atoms with Gasteiger partial charge in [0.15, 0.2) is 0 Å². The van der Waals surface area contributed by atoms with Crippen LogP contribution in [0.3, 0.4) is 0 Å². The van der Waals surface area contributed by atoms with E-state index < -0.39 is 0 Å². The van der Waals surface area contributed by atoms with Crippen molar-refractivity contribution in [3.05, 3.63) is 65.5 Å². The first-order valence-corrected chi connectivity index (χ1v) is 11.0. The molecule has 0 atom stereocenters. The van der Waals surface area contributed by atoms with Gasteiger partial charge in [-0.15, -0.1) is 0 Å². The van der Waals surface area contributed by atoms with E-state index in [4.69, 9.17) is 0 Å². The number of nitrogens with zero attached hydrogens (tertiary/aromatic N) is 3. The molecule has 0 unspecified atom stereocenters. The van der Waals surface area contributed by atoms with Crippen molar-refractivity contribution in [2.75, 3.05) is 38.0 Å². The van der Waals surface area contributed by atoms with E-state index in [1.165, 1.54) is 24.3 Å². The van der Waals surface area contributed by atoms with E-state index in [0.717, 1.165) is 18.5 Å². The number of rotatable bonds is 4. The van der Waals surface area contributed by atoms with Crippen LogP contribution in [0.4, 0.5) is 14.9 Å². The van der Waals surface area contributed by atoms with Crippen LogP contribution >= 0.6 is 0 Å². The topological polar surface area (TPSA) is 73.0 Å². The summed E-state index contributed by atoms with van der Waals surface area (Å²) in [5.74, 6) is -0.340. The minimum Gasteiger partial charge on any atom is -0.338 e. The number of carbonyl (C=O) groups is 3. The van der Waals surface area contributed by atoms with Crippen LogP contribution in [-0.4, -0.2) is 65.3 Å². The third-order valence-electron chi connectivity index (χ3n) is 5.91. The van der Waals surface area contributed by atoms with Crippen LogP contribution in [0.25, 0.3) is 0 Å². The molecule has 0 bridgehead atoms. The normalized spacial score (nSPS) is 16.8. The highest BCUT2D eigenvalue weighted by Gasteiger charge is 2.23. The first-order chi connectivity index (χ1) is 15.5. The molecule has 0 saturated carbocycles. The van der Waals surface area contributed by atoms with Crippen molar-refractivity contribution in [3.8, 4) is 0 Å². The second kappa shape index (κ2) is 9.80. The van der Waals surface area contributed by atoms with Crippen molar-refractivity contribution < 1.29 is 18.8 Å². The quantitative estimate of drug-likeness (QED) is 0.796. The number of likely N-dealkylation sites (tertiary alicyclic amines) is 1. The SMILES string of the molecule is O=C1CCCN1Cc1ccc(NC(=O)N2CCCN(C(=O)c3ccc(F)cc3)CC2)cc1. The average Bonchev–Trinajstić information content (AvgIpc) is 3.04.